The number of hydrogen-bond donors (Lipinski definition) is 0. The lowest BCUT2D eigenvalue weighted by Gasteiger charge is -2.32. The molecule has 1 aliphatic rings. The van der Waals surface area contributed by atoms with Gasteiger partial charge in [0, 0.05) is 24.5 Å². The molecule has 0 bridgehead atoms. The van der Waals surface area contributed by atoms with Gasteiger partial charge >= 0.3 is 5.69 Å². The average Bonchev–Trinajstić information content (AvgIpc) is 2.37. The van der Waals surface area contributed by atoms with Gasteiger partial charge in [0.25, 0.3) is 0 Å². The minimum atomic E-state index is -0.520. The van der Waals surface area contributed by atoms with E-state index in [1.54, 1.807) is 6.07 Å². The lowest BCUT2D eigenvalue weighted by atomic mass is 10.0. The zero-order valence-electron chi connectivity index (χ0n) is 12.4. The predicted molar refractivity (Wildman–Crippen MR) is 76.8 cm³/mol. The fourth-order valence-corrected chi connectivity index (χ4v) is 2.60. The normalized spacial score (nSPS) is 25.4. The molecule has 1 aliphatic heterocycles. The van der Waals surface area contributed by atoms with Crippen molar-refractivity contribution in [3.63, 3.8) is 0 Å². The average molecular weight is 293 g/mol. The largest absolute Gasteiger partial charge is 0.483 e. The van der Waals surface area contributed by atoms with Crippen LogP contribution in [0.5, 0.6) is 5.75 Å². The van der Waals surface area contributed by atoms with E-state index in [9.17, 15) is 14.9 Å². The number of Topliss-reactive ketones (excluding diaryl/α,β-unsaturated/α-hetero) is 1. The molecular formula is C15H19NO5. The van der Waals surface area contributed by atoms with Crippen LogP contribution in [0.1, 0.15) is 44.0 Å². The number of carbonyl (C=O) groups excluding carboxylic acids is 1. The summed E-state index contributed by atoms with van der Waals surface area (Å²) in [6.07, 6.45) is 1.39. The van der Waals surface area contributed by atoms with E-state index in [1.165, 1.54) is 19.1 Å². The summed E-state index contributed by atoms with van der Waals surface area (Å²) in [6.45, 7) is 5.29. The molecule has 21 heavy (non-hydrogen) atoms. The standard InChI is InChI=1S/C15H19NO5/c1-9-6-13(7-10(2)20-9)21-15-5-4-12(11(3)17)8-14(15)16(18)19/h4-5,8-10,13H,6-7H2,1-3H3. The third-order valence-electron chi connectivity index (χ3n) is 3.51. The number of hydrogen-bond acceptors (Lipinski definition) is 5. The first-order valence-corrected chi connectivity index (χ1v) is 6.98. The fourth-order valence-electron chi connectivity index (χ4n) is 2.60. The summed E-state index contributed by atoms with van der Waals surface area (Å²) in [5.41, 5.74) is 0.136. The van der Waals surface area contributed by atoms with Crippen molar-refractivity contribution < 1.29 is 19.2 Å². The fraction of sp³-hybridized carbons (Fsp3) is 0.533. The Labute approximate surface area is 123 Å². The van der Waals surface area contributed by atoms with E-state index in [2.05, 4.69) is 0 Å². The smallest absolute Gasteiger partial charge is 0.311 e. The van der Waals surface area contributed by atoms with Crippen LogP contribution in [0.2, 0.25) is 0 Å². The number of ether oxygens (including phenoxy) is 2. The molecule has 2 rings (SSSR count). The molecule has 0 aromatic heterocycles. The summed E-state index contributed by atoms with van der Waals surface area (Å²) < 4.78 is 11.4. The lowest BCUT2D eigenvalue weighted by molar-refractivity contribution is -0.386. The molecule has 0 radical (unpaired) electrons. The van der Waals surface area contributed by atoms with Crippen LogP contribution in [0, 0.1) is 10.1 Å². The molecule has 0 aliphatic carbocycles. The Morgan fingerprint density at radius 1 is 1.33 bits per heavy atom. The molecule has 1 aromatic carbocycles. The van der Waals surface area contributed by atoms with Crippen LogP contribution < -0.4 is 4.74 Å². The molecule has 1 heterocycles. The first-order chi connectivity index (χ1) is 9.86. The van der Waals surface area contributed by atoms with Crippen molar-refractivity contribution in [2.45, 2.75) is 51.9 Å². The van der Waals surface area contributed by atoms with Gasteiger partial charge in [0.1, 0.15) is 6.10 Å². The van der Waals surface area contributed by atoms with Crippen LogP contribution in [0.15, 0.2) is 18.2 Å². The summed E-state index contributed by atoms with van der Waals surface area (Å²) in [6, 6.07) is 4.32. The number of rotatable bonds is 4. The summed E-state index contributed by atoms with van der Waals surface area (Å²) in [5, 5.41) is 11.2. The van der Waals surface area contributed by atoms with Crippen molar-refractivity contribution in [2.24, 2.45) is 0 Å². The van der Waals surface area contributed by atoms with Crippen molar-refractivity contribution in [3.8, 4) is 5.75 Å². The zero-order valence-corrected chi connectivity index (χ0v) is 12.4. The molecule has 0 saturated carbocycles. The highest BCUT2D eigenvalue weighted by molar-refractivity contribution is 5.95. The molecule has 2 atom stereocenters. The van der Waals surface area contributed by atoms with Crippen molar-refractivity contribution in [2.75, 3.05) is 0 Å². The number of ketones is 1. The summed E-state index contributed by atoms with van der Waals surface area (Å²) in [4.78, 5) is 22.0. The van der Waals surface area contributed by atoms with Gasteiger partial charge in [-0.25, -0.2) is 0 Å². The third kappa shape index (κ3) is 3.78. The topological polar surface area (TPSA) is 78.7 Å². The maximum atomic E-state index is 11.3. The molecule has 1 aromatic rings. The van der Waals surface area contributed by atoms with E-state index < -0.39 is 4.92 Å². The molecule has 1 fully saturated rings. The van der Waals surface area contributed by atoms with Gasteiger partial charge in [-0.3, -0.25) is 14.9 Å². The van der Waals surface area contributed by atoms with E-state index in [4.69, 9.17) is 9.47 Å². The van der Waals surface area contributed by atoms with Gasteiger partial charge in [-0.1, -0.05) is 0 Å². The van der Waals surface area contributed by atoms with Gasteiger partial charge in [0.15, 0.2) is 11.5 Å². The van der Waals surface area contributed by atoms with Gasteiger partial charge in [-0.2, -0.15) is 0 Å². The highest BCUT2D eigenvalue weighted by Gasteiger charge is 2.28. The third-order valence-corrected chi connectivity index (χ3v) is 3.51. The Balaban J connectivity index is 2.23. The van der Waals surface area contributed by atoms with Gasteiger partial charge in [-0.15, -0.1) is 0 Å². The number of carbonyl (C=O) groups is 1. The predicted octanol–water partition coefficient (Wildman–Crippen LogP) is 3.13. The van der Waals surface area contributed by atoms with Crippen LogP contribution in [0.3, 0.4) is 0 Å². The molecule has 0 amide bonds. The highest BCUT2D eigenvalue weighted by atomic mass is 16.6. The van der Waals surface area contributed by atoms with E-state index in [0.29, 0.717) is 18.4 Å². The maximum absolute atomic E-state index is 11.3. The van der Waals surface area contributed by atoms with Gasteiger partial charge in [0.2, 0.25) is 0 Å². The second-order valence-electron chi connectivity index (χ2n) is 5.46. The maximum Gasteiger partial charge on any atom is 0.311 e. The summed E-state index contributed by atoms with van der Waals surface area (Å²) in [7, 11) is 0. The molecular weight excluding hydrogens is 274 g/mol. The quantitative estimate of drug-likeness (QED) is 0.484. The Morgan fingerprint density at radius 2 is 1.95 bits per heavy atom. The Hall–Kier alpha value is -1.95. The van der Waals surface area contributed by atoms with Gasteiger partial charge in [0.05, 0.1) is 17.1 Å². The van der Waals surface area contributed by atoms with Crippen molar-refractivity contribution in [1.29, 1.82) is 0 Å². The number of nitro groups is 1. The first kappa shape index (κ1) is 15.4. The van der Waals surface area contributed by atoms with Crippen LogP contribution >= 0.6 is 0 Å². The van der Waals surface area contributed by atoms with E-state index in [0.717, 1.165) is 0 Å². The Bertz CT molecular complexity index is 547. The Morgan fingerprint density at radius 3 is 2.48 bits per heavy atom. The van der Waals surface area contributed by atoms with Gasteiger partial charge < -0.3 is 9.47 Å². The van der Waals surface area contributed by atoms with Crippen LogP contribution in [0.25, 0.3) is 0 Å². The van der Waals surface area contributed by atoms with E-state index in [1.807, 2.05) is 13.8 Å². The molecule has 6 nitrogen and oxygen atoms in total. The van der Waals surface area contributed by atoms with E-state index in [-0.39, 0.29) is 35.5 Å². The molecule has 6 heteroatoms. The van der Waals surface area contributed by atoms with Crippen LogP contribution in [-0.2, 0) is 4.74 Å². The van der Waals surface area contributed by atoms with Crippen molar-refractivity contribution in [3.05, 3.63) is 33.9 Å². The first-order valence-electron chi connectivity index (χ1n) is 6.98. The number of benzene rings is 1. The molecule has 114 valence electrons. The lowest BCUT2D eigenvalue weighted by Crippen LogP contribution is -2.35. The van der Waals surface area contributed by atoms with Crippen LogP contribution in [-0.4, -0.2) is 29.0 Å². The highest BCUT2D eigenvalue weighted by Crippen LogP contribution is 2.32. The van der Waals surface area contributed by atoms with Crippen LogP contribution in [0.4, 0.5) is 5.69 Å². The van der Waals surface area contributed by atoms with Crippen molar-refractivity contribution in [1.82, 2.24) is 0 Å². The molecule has 0 spiro atoms. The summed E-state index contributed by atoms with van der Waals surface area (Å²) in [5.74, 6) is -0.00531. The Kier molecular flexibility index (Phi) is 4.57. The number of nitrogens with zero attached hydrogens (tertiary/aromatic N) is 1. The van der Waals surface area contributed by atoms with Crippen molar-refractivity contribution >= 4 is 11.5 Å². The second kappa shape index (κ2) is 6.22. The zero-order chi connectivity index (χ0) is 15.6. The monoisotopic (exact) mass is 293 g/mol. The molecule has 2 unspecified atom stereocenters. The summed E-state index contributed by atoms with van der Waals surface area (Å²) >= 11 is 0. The van der Waals surface area contributed by atoms with Gasteiger partial charge in [-0.05, 0) is 32.9 Å². The SMILES string of the molecule is CC(=O)c1ccc(OC2CC(C)OC(C)C2)c([N+](=O)[O-])c1. The second-order valence-corrected chi connectivity index (χ2v) is 5.46. The van der Waals surface area contributed by atoms with E-state index >= 15 is 0 Å². The minimum absolute atomic E-state index is 0.0642. The molecule has 0 N–H and O–H groups in total. The molecule has 1 saturated heterocycles. The number of nitro benzene ring substituents is 1. The minimum Gasteiger partial charge on any atom is -0.483 e.